The van der Waals surface area contributed by atoms with Crippen LogP contribution < -0.4 is 10.0 Å². The highest BCUT2D eigenvalue weighted by Gasteiger charge is 2.19. The third kappa shape index (κ3) is 4.28. The lowest BCUT2D eigenvalue weighted by Gasteiger charge is -2.22. The fourth-order valence-corrected chi connectivity index (χ4v) is 3.56. The number of hydrogen-bond donors (Lipinski definition) is 2. The molecular formula is C15H23N3O3S. The van der Waals surface area contributed by atoms with Crippen molar-refractivity contribution in [1.29, 1.82) is 0 Å². The standard InChI is InChI=1S/C15H23N3O3S/c1-18(2)15(19)13-5-7-14(8-6-13)22(20,21)17-11-12-4-3-9-16-10-12/h5-8,12,16-17H,3-4,9-11H2,1-2H3. The van der Waals surface area contributed by atoms with Gasteiger partial charge in [0.1, 0.15) is 0 Å². The number of nitrogens with one attached hydrogen (secondary N) is 2. The Labute approximate surface area is 131 Å². The minimum Gasteiger partial charge on any atom is -0.345 e. The van der Waals surface area contributed by atoms with Gasteiger partial charge < -0.3 is 10.2 Å². The fourth-order valence-electron chi connectivity index (χ4n) is 2.44. The molecular weight excluding hydrogens is 302 g/mol. The summed E-state index contributed by atoms with van der Waals surface area (Å²) in [6, 6.07) is 6.02. The number of benzene rings is 1. The van der Waals surface area contributed by atoms with Gasteiger partial charge >= 0.3 is 0 Å². The van der Waals surface area contributed by atoms with Crippen LogP contribution in [0.25, 0.3) is 0 Å². The van der Waals surface area contributed by atoms with Crippen LogP contribution >= 0.6 is 0 Å². The van der Waals surface area contributed by atoms with Gasteiger partial charge in [0, 0.05) is 26.2 Å². The van der Waals surface area contributed by atoms with E-state index in [1.54, 1.807) is 26.2 Å². The van der Waals surface area contributed by atoms with E-state index in [2.05, 4.69) is 10.0 Å². The third-order valence-electron chi connectivity index (χ3n) is 3.78. The maximum absolute atomic E-state index is 12.3. The van der Waals surface area contributed by atoms with Crippen molar-refractivity contribution in [3.05, 3.63) is 29.8 Å². The molecule has 1 amide bonds. The van der Waals surface area contributed by atoms with Gasteiger partial charge in [0.05, 0.1) is 4.90 Å². The number of rotatable bonds is 5. The molecule has 1 atom stereocenters. The number of hydrogen-bond acceptors (Lipinski definition) is 4. The number of nitrogens with zero attached hydrogens (tertiary/aromatic N) is 1. The molecule has 0 aliphatic carbocycles. The van der Waals surface area contributed by atoms with E-state index in [-0.39, 0.29) is 10.8 Å². The molecule has 22 heavy (non-hydrogen) atoms. The van der Waals surface area contributed by atoms with Gasteiger partial charge in [-0.05, 0) is 56.1 Å². The Morgan fingerprint density at radius 2 is 2.00 bits per heavy atom. The first kappa shape index (κ1) is 16.9. The molecule has 0 saturated carbocycles. The Morgan fingerprint density at radius 3 is 2.55 bits per heavy atom. The van der Waals surface area contributed by atoms with Crippen LogP contribution in [0.3, 0.4) is 0 Å². The van der Waals surface area contributed by atoms with Crippen LogP contribution in [0.4, 0.5) is 0 Å². The molecule has 0 spiro atoms. The molecule has 1 saturated heterocycles. The maximum atomic E-state index is 12.3. The topological polar surface area (TPSA) is 78.5 Å². The van der Waals surface area contributed by atoms with Crippen molar-refractivity contribution in [2.45, 2.75) is 17.7 Å². The molecule has 2 N–H and O–H groups in total. The zero-order chi connectivity index (χ0) is 16.2. The molecule has 122 valence electrons. The van der Waals surface area contributed by atoms with Crippen LogP contribution in [-0.4, -0.2) is 53.0 Å². The van der Waals surface area contributed by atoms with Crippen molar-refractivity contribution in [1.82, 2.24) is 14.9 Å². The Bertz CT molecular complexity index is 605. The first-order chi connectivity index (χ1) is 10.4. The van der Waals surface area contributed by atoms with Gasteiger partial charge in [0.15, 0.2) is 0 Å². The summed E-state index contributed by atoms with van der Waals surface area (Å²) in [5.74, 6) is 0.184. The number of piperidine rings is 1. The van der Waals surface area contributed by atoms with Gasteiger partial charge in [-0.25, -0.2) is 13.1 Å². The van der Waals surface area contributed by atoms with E-state index < -0.39 is 10.0 Å². The first-order valence-corrected chi connectivity index (χ1v) is 8.90. The summed E-state index contributed by atoms with van der Waals surface area (Å²) >= 11 is 0. The minimum absolute atomic E-state index is 0.148. The smallest absolute Gasteiger partial charge is 0.253 e. The molecule has 1 unspecified atom stereocenters. The molecule has 0 radical (unpaired) electrons. The molecule has 0 aromatic heterocycles. The van der Waals surface area contributed by atoms with E-state index in [4.69, 9.17) is 0 Å². The summed E-state index contributed by atoms with van der Waals surface area (Å²) in [6.07, 6.45) is 2.11. The summed E-state index contributed by atoms with van der Waals surface area (Å²) in [6.45, 7) is 2.29. The average molecular weight is 325 g/mol. The zero-order valence-corrected chi connectivity index (χ0v) is 13.8. The molecule has 6 nitrogen and oxygen atoms in total. The van der Waals surface area contributed by atoms with Crippen molar-refractivity contribution in [2.75, 3.05) is 33.7 Å². The lowest BCUT2D eigenvalue weighted by Crippen LogP contribution is -2.38. The van der Waals surface area contributed by atoms with Gasteiger partial charge in [-0.3, -0.25) is 4.79 Å². The fraction of sp³-hybridized carbons (Fsp3) is 0.533. The molecule has 7 heteroatoms. The van der Waals surface area contributed by atoms with E-state index >= 15 is 0 Å². The van der Waals surface area contributed by atoms with E-state index in [9.17, 15) is 13.2 Å². The highest BCUT2D eigenvalue weighted by molar-refractivity contribution is 7.89. The van der Waals surface area contributed by atoms with Crippen LogP contribution in [0.2, 0.25) is 0 Å². The number of amides is 1. The van der Waals surface area contributed by atoms with Crippen molar-refractivity contribution >= 4 is 15.9 Å². The Kier molecular flexibility index (Phi) is 5.55. The molecule has 1 aromatic carbocycles. The van der Waals surface area contributed by atoms with Gasteiger partial charge in [-0.1, -0.05) is 0 Å². The van der Waals surface area contributed by atoms with Crippen molar-refractivity contribution < 1.29 is 13.2 Å². The van der Waals surface area contributed by atoms with Crippen molar-refractivity contribution in [3.63, 3.8) is 0 Å². The monoisotopic (exact) mass is 325 g/mol. The predicted octanol–water partition coefficient (Wildman–Crippen LogP) is 0.666. The minimum atomic E-state index is -3.53. The summed E-state index contributed by atoms with van der Waals surface area (Å²) in [7, 11) is -0.206. The number of carbonyl (C=O) groups excluding carboxylic acids is 1. The van der Waals surface area contributed by atoms with Crippen molar-refractivity contribution in [3.8, 4) is 0 Å². The quantitative estimate of drug-likeness (QED) is 0.834. The third-order valence-corrected chi connectivity index (χ3v) is 5.22. The SMILES string of the molecule is CN(C)C(=O)c1ccc(S(=O)(=O)NCC2CCCNC2)cc1. The van der Waals surface area contributed by atoms with Gasteiger partial charge in [0.2, 0.25) is 10.0 Å². The van der Waals surface area contributed by atoms with Crippen LogP contribution in [0.5, 0.6) is 0 Å². The Hall–Kier alpha value is -1.44. The lowest BCUT2D eigenvalue weighted by atomic mass is 10.0. The lowest BCUT2D eigenvalue weighted by molar-refractivity contribution is 0.0827. The highest BCUT2D eigenvalue weighted by Crippen LogP contribution is 2.14. The first-order valence-electron chi connectivity index (χ1n) is 7.42. The second-order valence-corrected chi connectivity index (χ2v) is 7.56. The van der Waals surface area contributed by atoms with E-state index in [0.29, 0.717) is 18.0 Å². The maximum Gasteiger partial charge on any atom is 0.253 e. The van der Waals surface area contributed by atoms with Crippen LogP contribution in [-0.2, 0) is 10.0 Å². The predicted molar refractivity (Wildman–Crippen MR) is 85.2 cm³/mol. The Morgan fingerprint density at radius 1 is 1.32 bits per heavy atom. The Balaban J connectivity index is 2.01. The normalized spacial score (nSPS) is 18.9. The molecule has 1 heterocycles. The number of carbonyl (C=O) groups is 1. The molecule has 2 rings (SSSR count). The largest absolute Gasteiger partial charge is 0.345 e. The highest BCUT2D eigenvalue weighted by atomic mass is 32.2. The van der Waals surface area contributed by atoms with Crippen LogP contribution in [0.15, 0.2) is 29.2 Å². The van der Waals surface area contributed by atoms with E-state index in [1.807, 2.05) is 0 Å². The molecule has 1 aliphatic rings. The van der Waals surface area contributed by atoms with E-state index in [1.165, 1.54) is 17.0 Å². The van der Waals surface area contributed by atoms with Crippen LogP contribution in [0, 0.1) is 5.92 Å². The van der Waals surface area contributed by atoms with Gasteiger partial charge in [-0.15, -0.1) is 0 Å². The second kappa shape index (κ2) is 7.21. The second-order valence-electron chi connectivity index (χ2n) is 5.79. The van der Waals surface area contributed by atoms with Gasteiger partial charge in [-0.2, -0.15) is 0 Å². The summed E-state index contributed by atoms with van der Waals surface area (Å²) in [5.41, 5.74) is 0.473. The molecule has 1 aromatic rings. The summed E-state index contributed by atoms with van der Waals surface area (Å²) in [4.78, 5) is 13.4. The summed E-state index contributed by atoms with van der Waals surface area (Å²) < 4.78 is 27.2. The average Bonchev–Trinajstić information content (AvgIpc) is 2.53. The zero-order valence-electron chi connectivity index (χ0n) is 13.0. The summed E-state index contributed by atoms with van der Waals surface area (Å²) in [5, 5.41) is 3.26. The molecule has 0 bridgehead atoms. The molecule has 1 aliphatic heterocycles. The van der Waals surface area contributed by atoms with Crippen LogP contribution in [0.1, 0.15) is 23.2 Å². The van der Waals surface area contributed by atoms with E-state index in [0.717, 1.165) is 25.9 Å². The van der Waals surface area contributed by atoms with Crippen molar-refractivity contribution in [2.24, 2.45) is 5.92 Å². The number of sulfonamides is 1. The molecule has 1 fully saturated rings. The van der Waals surface area contributed by atoms with Gasteiger partial charge in [0.25, 0.3) is 5.91 Å².